The van der Waals surface area contributed by atoms with Crippen LogP contribution in [-0.4, -0.2) is 14.3 Å². The lowest BCUT2D eigenvalue weighted by Crippen LogP contribution is -2.27. The molecule has 0 bridgehead atoms. The first-order chi connectivity index (χ1) is 14.6. The van der Waals surface area contributed by atoms with Crippen LogP contribution in [0, 0.1) is 25.5 Å². The maximum atomic E-state index is 13.9. The van der Waals surface area contributed by atoms with E-state index in [2.05, 4.69) is 10.0 Å². The highest BCUT2D eigenvalue weighted by Crippen LogP contribution is 2.23. The average molecular weight is 445 g/mol. The smallest absolute Gasteiger partial charge is 0.261 e. The Labute approximate surface area is 180 Å². The van der Waals surface area contributed by atoms with Crippen molar-refractivity contribution < 1.29 is 22.0 Å². The Bertz CT molecular complexity index is 1230. The third kappa shape index (κ3) is 5.08. The highest BCUT2D eigenvalue weighted by atomic mass is 32.2. The highest BCUT2D eigenvalue weighted by molar-refractivity contribution is 7.92. The number of anilines is 1. The normalized spacial score (nSPS) is 12.3. The van der Waals surface area contributed by atoms with Crippen molar-refractivity contribution >= 4 is 21.6 Å². The summed E-state index contributed by atoms with van der Waals surface area (Å²) < 4.78 is 54.9. The van der Waals surface area contributed by atoms with E-state index < -0.39 is 33.6 Å². The SMILES string of the molecule is Cc1cccc(NS(=O)(=O)c2ccc(C(=O)NC(C)c3ccc(F)cc3F)cc2)c1C. The molecule has 0 aliphatic heterocycles. The van der Waals surface area contributed by atoms with Crippen LogP contribution in [0.3, 0.4) is 0 Å². The van der Waals surface area contributed by atoms with Gasteiger partial charge in [0.05, 0.1) is 16.6 Å². The molecule has 0 heterocycles. The van der Waals surface area contributed by atoms with Crippen LogP contribution in [0.1, 0.15) is 40.0 Å². The first-order valence-corrected chi connectivity index (χ1v) is 11.0. The van der Waals surface area contributed by atoms with E-state index in [0.29, 0.717) is 5.69 Å². The predicted molar refractivity (Wildman–Crippen MR) is 115 cm³/mol. The molecule has 3 rings (SSSR count). The van der Waals surface area contributed by atoms with Gasteiger partial charge in [-0.2, -0.15) is 0 Å². The summed E-state index contributed by atoms with van der Waals surface area (Å²) in [6, 6.07) is 13.2. The second-order valence-electron chi connectivity index (χ2n) is 7.24. The summed E-state index contributed by atoms with van der Waals surface area (Å²) in [7, 11) is -3.84. The van der Waals surface area contributed by atoms with Gasteiger partial charge < -0.3 is 5.32 Å². The van der Waals surface area contributed by atoms with E-state index in [9.17, 15) is 22.0 Å². The van der Waals surface area contributed by atoms with Gasteiger partial charge in [0.15, 0.2) is 0 Å². The van der Waals surface area contributed by atoms with Gasteiger partial charge in [0, 0.05) is 17.2 Å². The van der Waals surface area contributed by atoms with Crippen molar-refractivity contribution in [3.63, 3.8) is 0 Å². The molecule has 1 unspecified atom stereocenters. The largest absolute Gasteiger partial charge is 0.345 e. The molecule has 8 heteroatoms. The number of halogens is 2. The van der Waals surface area contributed by atoms with Crippen LogP contribution in [0.5, 0.6) is 0 Å². The number of amides is 1. The minimum Gasteiger partial charge on any atom is -0.345 e. The predicted octanol–water partition coefficient (Wildman–Crippen LogP) is 4.87. The number of carbonyl (C=O) groups is 1. The van der Waals surface area contributed by atoms with Crippen molar-refractivity contribution in [3.8, 4) is 0 Å². The molecule has 162 valence electrons. The van der Waals surface area contributed by atoms with Gasteiger partial charge in [-0.1, -0.05) is 18.2 Å². The summed E-state index contributed by atoms with van der Waals surface area (Å²) >= 11 is 0. The van der Waals surface area contributed by atoms with Crippen molar-refractivity contribution in [3.05, 3.63) is 94.6 Å². The molecule has 0 spiro atoms. The van der Waals surface area contributed by atoms with Crippen LogP contribution in [0.4, 0.5) is 14.5 Å². The molecule has 31 heavy (non-hydrogen) atoms. The number of sulfonamides is 1. The topological polar surface area (TPSA) is 75.3 Å². The molecule has 0 saturated carbocycles. The highest BCUT2D eigenvalue weighted by Gasteiger charge is 2.18. The zero-order chi connectivity index (χ0) is 22.8. The molecule has 5 nitrogen and oxygen atoms in total. The Morgan fingerprint density at radius 2 is 1.65 bits per heavy atom. The molecule has 1 atom stereocenters. The van der Waals surface area contributed by atoms with Crippen LogP contribution >= 0.6 is 0 Å². The van der Waals surface area contributed by atoms with E-state index in [0.717, 1.165) is 23.3 Å². The Kier molecular flexibility index (Phi) is 6.40. The Morgan fingerprint density at radius 3 is 2.29 bits per heavy atom. The number of aryl methyl sites for hydroxylation is 1. The van der Waals surface area contributed by atoms with E-state index in [1.165, 1.54) is 30.3 Å². The van der Waals surface area contributed by atoms with Crippen LogP contribution in [0.25, 0.3) is 0 Å². The molecular weight excluding hydrogens is 422 g/mol. The molecule has 2 N–H and O–H groups in total. The van der Waals surface area contributed by atoms with E-state index in [1.54, 1.807) is 19.1 Å². The second-order valence-corrected chi connectivity index (χ2v) is 8.92. The summed E-state index contributed by atoms with van der Waals surface area (Å²) in [6.45, 7) is 5.28. The fourth-order valence-corrected chi connectivity index (χ4v) is 4.18. The van der Waals surface area contributed by atoms with Gasteiger partial charge in [-0.05, 0) is 68.3 Å². The van der Waals surface area contributed by atoms with Gasteiger partial charge in [-0.15, -0.1) is 0 Å². The van der Waals surface area contributed by atoms with Crippen molar-refractivity contribution in [2.75, 3.05) is 4.72 Å². The minimum absolute atomic E-state index is 0.00239. The van der Waals surface area contributed by atoms with E-state index in [4.69, 9.17) is 0 Å². The van der Waals surface area contributed by atoms with Crippen molar-refractivity contribution in [1.29, 1.82) is 0 Å². The molecule has 0 aliphatic carbocycles. The van der Waals surface area contributed by atoms with Crippen LogP contribution in [0.2, 0.25) is 0 Å². The molecule has 1 amide bonds. The molecule has 0 fully saturated rings. The monoisotopic (exact) mass is 444 g/mol. The fourth-order valence-electron chi connectivity index (χ4n) is 3.06. The fraction of sp³-hybridized carbons (Fsp3) is 0.174. The van der Waals surface area contributed by atoms with Gasteiger partial charge in [0.2, 0.25) is 0 Å². The molecule has 0 aliphatic rings. The van der Waals surface area contributed by atoms with E-state index in [-0.39, 0.29) is 16.0 Å². The van der Waals surface area contributed by atoms with Crippen molar-refractivity contribution in [2.45, 2.75) is 31.7 Å². The number of rotatable bonds is 6. The number of hydrogen-bond donors (Lipinski definition) is 2. The minimum atomic E-state index is -3.84. The lowest BCUT2D eigenvalue weighted by Gasteiger charge is -2.16. The Hall–Kier alpha value is -3.26. The average Bonchev–Trinajstić information content (AvgIpc) is 2.71. The summed E-state index contributed by atoms with van der Waals surface area (Å²) in [6.07, 6.45) is 0. The molecule has 3 aromatic carbocycles. The summed E-state index contributed by atoms with van der Waals surface area (Å²) in [4.78, 5) is 12.5. The lowest BCUT2D eigenvalue weighted by molar-refractivity contribution is 0.0939. The van der Waals surface area contributed by atoms with Gasteiger partial charge in [-0.3, -0.25) is 9.52 Å². The first-order valence-electron chi connectivity index (χ1n) is 9.53. The molecular formula is C23H22F2N2O3S. The number of benzene rings is 3. The third-order valence-electron chi connectivity index (χ3n) is 5.05. The van der Waals surface area contributed by atoms with Gasteiger partial charge in [0.1, 0.15) is 11.6 Å². The van der Waals surface area contributed by atoms with Crippen LogP contribution in [0.15, 0.2) is 65.6 Å². The van der Waals surface area contributed by atoms with Gasteiger partial charge in [0.25, 0.3) is 15.9 Å². The van der Waals surface area contributed by atoms with Gasteiger partial charge in [-0.25, -0.2) is 17.2 Å². The van der Waals surface area contributed by atoms with Crippen molar-refractivity contribution in [2.24, 2.45) is 0 Å². The lowest BCUT2D eigenvalue weighted by atomic mass is 10.1. The summed E-state index contributed by atoms with van der Waals surface area (Å²) in [5, 5.41) is 2.62. The zero-order valence-corrected chi connectivity index (χ0v) is 18.1. The molecule has 0 radical (unpaired) electrons. The Morgan fingerprint density at radius 1 is 0.968 bits per heavy atom. The maximum absolute atomic E-state index is 13.9. The van der Waals surface area contributed by atoms with E-state index in [1.807, 2.05) is 19.9 Å². The zero-order valence-electron chi connectivity index (χ0n) is 17.2. The number of carbonyl (C=O) groups excluding carboxylic acids is 1. The maximum Gasteiger partial charge on any atom is 0.261 e. The molecule has 0 aromatic heterocycles. The van der Waals surface area contributed by atoms with Crippen LogP contribution in [-0.2, 0) is 10.0 Å². The molecule has 3 aromatic rings. The van der Waals surface area contributed by atoms with E-state index >= 15 is 0 Å². The summed E-state index contributed by atoms with van der Waals surface area (Å²) in [5.41, 5.74) is 2.62. The number of nitrogens with one attached hydrogen (secondary N) is 2. The number of hydrogen-bond acceptors (Lipinski definition) is 3. The van der Waals surface area contributed by atoms with Crippen LogP contribution < -0.4 is 10.0 Å². The Balaban J connectivity index is 1.74. The quantitative estimate of drug-likeness (QED) is 0.569. The first kappa shape index (κ1) is 22.4. The molecule has 0 saturated heterocycles. The second kappa shape index (κ2) is 8.85. The third-order valence-corrected chi connectivity index (χ3v) is 6.43. The standard InChI is InChI=1S/C23H22F2N2O3S/c1-14-5-4-6-22(15(14)2)27-31(29,30)19-10-7-17(8-11-19)23(28)26-16(3)20-12-9-18(24)13-21(20)25/h4-13,16,27H,1-3H3,(H,26,28). The van der Waals surface area contributed by atoms with Crippen molar-refractivity contribution in [1.82, 2.24) is 5.32 Å². The van der Waals surface area contributed by atoms with Gasteiger partial charge >= 0.3 is 0 Å². The summed E-state index contributed by atoms with van der Waals surface area (Å²) in [5.74, 6) is -1.97.